The van der Waals surface area contributed by atoms with Crippen LogP contribution in [0, 0.1) is 5.82 Å². The van der Waals surface area contributed by atoms with Crippen LogP contribution in [0.2, 0.25) is 5.02 Å². The van der Waals surface area contributed by atoms with Crippen LogP contribution in [0.4, 0.5) is 4.39 Å². The van der Waals surface area contributed by atoms with Gasteiger partial charge in [0.15, 0.2) is 0 Å². The van der Waals surface area contributed by atoms with E-state index in [2.05, 4.69) is 0 Å². The third-order valence-electron chi connectivity index (χ3n) is 2.68. The fourth-order valence-corrected chi connectivity index (χ4v) is 1.90. The van der Waals surface area contributed by atoms with Crippen molar-refractivity contribution in [2.24, 2.45) is 0 Å². The molecule has 0 fully saturated rings. The van der Waals surface area contributed by atoms with Gasteiger partial charge in [-0.05, 0) is 35.9 Å². The summed E-state index contributed by atoms with van der Waals surface area (Å²) in [6.45, 7) is 0. The van der Waals surface area contributed by atoms with Gasteiger partial charge >= 0.3 is 5.97 Å². The number of rotatable bonds is 3. The molecule has 0 atom stereocenters. The molecule has 2 aromatic rings. The molecule has 0 aliphatic heterocycles. The van der Waals surface area contributed by atoms with Crippen molar-refractivity contribution in [2.45, 2.75) is 0 Å². The second-order valence-corrected chi connectivity index (χ2v) is 4.26. The highest BCUT2D eigenvalue weighted by Gasteiger charge is 2.12. The normalized spacial score (nSPS) is 10.3. The number of benzene rings is 2. The van der Waals surface area contributed by atoms with Crippen molar-refractivity contribution in [2.75, 3.05) is 7.11 Å². The van der Waals surface area contributed by atoms with E-state index < -0.39 is 11.8 Å². The van der Waals surface area contributed by atoms with Crippen LogP contribution < -0.4 is 4.74 Å². The first-order valence-corrected chi connectivity index (χ1v) is 5.77. The van der Waals surface area contributed by atoms with Gasteiger partial charge in [-0.2, -0.15) is 0 Å². The van der Waals surface area contributed by atoms with Crippen molar-refractivity contribution in [1.82, 2.24) is 0 Å². The van der Waals surface area contributed by atoms with E-state index in [-0.39, 0.29) is 11.1 Å². The number of carboxylic acids is 1. The molecule has 0 bridgehead atoms. The highest BCUT2D eigenvalue weighted by molar-refractivity contribution is 6.32. The summed E-state index contributed by atoms with van der Waals surface area (Å²) in [4.78, 5) is 10.9. The Labute approximate surface area is 114 Å². The maximum absolute atomic E-state index is 13.8. The van der Waals surface area contributed by atoms with Crippen LogP contribution >= 0.6 is 11.6 Å². The maximum atomic E-state index is 13.8. The molecule has 0 amide bonds. The summed E-state index contributed by atoms with van der Waals surface area (Å²) in [5.74, 6) is -1.21. The van der Waals surface area contributed by atoms with E-state index in [0.29, 0.717) is 16.3 Å². The summed E-state index contributed by atoms with van der Waals surface area (Å²) < 4.78 is 18.8. The van der Waals surface area contributed by atoms with E-state index in [0.717, 1.165) is 6.07 Å². The number of carboxylic acid groups (broad SMARTS) is 1. The van der Waals surface area contributed by atoms with E-state index in [4.69, 9.17) is 21.4 Å². The number of hydrogen-bond donors (Lipinski definition) is 1. The Hall–Kier alpha value is -2.07. The van der Waals surface area contributed by atoms with Crippen molar-refractivity contribution < 1.29 is 19.0 Å². The Kier molecular flexibility index (Phi) is 3.71. The van der Waals surface area contributed by atoms with Crippen molar-refractivity contribution in [1.29, 1.82) is 0 Å². The van der Waals surface area contributed by atoms with E-state index in [1.54, 1.807) is 18.2 Å². The molecule has 2 rings (SSSR count). The van der Waals surface area contributed by atoms with Crippen molar-refractivity contribution >= 4 is 17.6 Å². The summed E-state index contributed by atoms with van der Waals surface area (Å²) in [5, 5.41) is 9.33. The number of methoxy groups -OCH3 is 1. The lowest BCUT2D eigenvalue weighted by atomic mass is 10.0. The molecule has 1 N–H and O–H groups in total. The third kappa shape index (κ3) is 2.69. The molecule has 0 saturated carbocycles. The molecule has 0 aromatic heterocycles. The Balaban J connectivity index is 2.57. The zero-order valence-electron chi connectivity index (χ0n) is 9.98. The molecule has 0 aliphatic rings. The van der Waals surface area contributed by atoms with Crippen LogP contribution in [0.15, 0.2) is 36.4 Å². The van der Waals surface area contributed by atoms with Gasteiger partial charge in [0.1, 0.15) is 11.6 Å². The monoisotopic (exact) mass is 280 g/mol. The number of hydrogen-bond acceptors (Lipinski definition) is 2. The van der Waals surface area contributed by atoms with Gasteiger partial charge in [-0.3, -0.25) is 0 Å². The van der Waals surface area contributed by atoms with Crippen molar-refractivity contribution in [3.8, 4) is 16.9 Å². The molecule has 0 aliphatic carbocycles. The second-order valence-electron chi connectivity index (χ2n) is 3.85. The lowest BCUT2D eigenvalue weighted by Gasteiger charge is -2.08. The summed E-state index contributed by atoms with van der Waals surface area (Å²) in [6, 6.07) is 8.36. The predicted molar refractivity (Wildman–Crippen MR) is 70.4 cm³/mol. The van der Waals surface area contributed by atoms with E-state index in [1.165, 1.54) is 19.2 Å². The lowest BCUT2D eigenvalue weighted by molar-refractivity contribution is 0.0697. The molecular formula is C14H10ClFO3. The average molecular weight is 281 g/mol. The molecule has 0 spiro atoms. The Morgan fingerprint density at radius 2 is 2.00 bits per heavy atom. The molecule has 98 valence electrons. The fourth-order valence-electron chi connectivity index (χ4n) is 1.71. The van der Waals surface area contributed by atoms with Gasteiger partial charge in [0, 0.05) is 5.56 Å². The predicted octanol–water partition coefficient (Wildman–Crippen LogP) is 3.85. The highest BCUT2D eigenvalue weighted by Crippen LogP contribution is 2.32. The molecule has 19 heavy (non-hydrogen) atoms. The third-order valence-corrected chi connectivity index (χ3v) is 2.99. The summed E-state index contributed by atoms with van der Waals surface area (Å²) in [6.07, 6.45) is 0. The Morgan fingerprint density at radius 1 is 1.26 bits per heavy atom. The molecule has 0 unspecified atom stereocenters. The van der Waals surface area contributed by atoms with Gasteiger partial charge in [0.05, 0.1) is 17.7 Å². The second kappa shape index (κ2) is 5.28. The van der Waals surface area contributed by atoms with Crippen LogP contribution in [0.5, 0.6) is 5.75 Å². The molecular weight excluding hydrogens is 271 g/mol. The zero-order chi connectivity index (χ0) is 14.0. The minimum atomic E-state index is -1.11. The fraction of sp³-hybridized carbons (Fsp3) is 0.0714. The topological polar surface area (TPSA) is 46.5 Å². The van der Waals surface area contributed by atoms with Gasteiger partial charge < -0.3 is 9.84 Å². The van der Waals surface area contributed by atoms with Crippen LogP contribution in [-0.4, -0.2) is 18.2 Å². The summed E-state index contributed by atoms with van der Waals surface area (Å²) >= 11 is 5.89. The van der Waals surface area contributed by atoms with E-state index >= 15 is 0 Å². The molecule has 2 aromatic carbocycles. The van der Waals surface area contributed by atoms with Gasteiger partial charge in [-0.15, -0.1) is 0 Å². The minimum Gasteiger partial charge on any atom is -0.495 e. The number of ether oxygens (including phenoxy) is 1. The first-order valence-electron chi connectivity index (χ1n) is 5.39. The number of aromatic carboxylic acids is 1. The van der Waals surface area contributed by atoms with Gasteiger partial charge in [0.25, 0.3) is 0 Å². The molecule has 0 radical (unpaired) electrons. The first-order chi connectivity index (χ1) is 9.02. The quantitative estimate of drug-likeness (QED) is 0.929. The van der Waals surface area contributed by atoms with Gasteiger partial charge in [0.2, 0.25) is 0 Å². The summed E-state index contributed by atoms with van der Waals surface area (Å²) in [5.41, 5.74) is 0.710. The number of carbonyl (C=O) groups is 1. The smallest absolute Gasteiger partial charge is 0.335 e. The van der Waals surface area contributed by atoms with Crippen molar-refractivity contribution in [3.05, 3.63) is 52.8 Å². The van der Waals surface area contributed by atoms with Crippen LogP contribution in [0.1, 0.15) is 10.4 Å². The van der Waals surface area contributed by atoms with Crippen LogP contribution in [0.3, 0.4) is 0 Å². The standard InChI is InChI=1S/C14H10ClFO3/c1-19-13-7-8(2-4-11(13)15)10-6-9(14(17)18)3-5-12(10)16/h2-7H,1H3,(H,17,18). The molecule has 5 heteroatoms. The highest BCUT2D eigenvalue weighted by atomic mass is 35.5. The molecule has 3 nitrogen and oxygen atoms in total. The van der Waals surface area contributed by atoms with Gasteiger partial charge in [-0.1, -0.05) is 17.7 Å². The van der Waals surface area contributed by atoms with Crippen molar-refractivity contribution in [3.63, 3.8) is 0 Å². The summed E-state index contributed by atoms with van der Waals surface area (Å²) in [7, 11) is 1.45. The Morgan fingerprint density at radius 3 is 2.63 bits per heavy atom. The Bertz CT molecular complexity index is 641. The minimum absolute atomic E-state index is 0.0188. The maximum Gasteiger partial charge on any atom is 0.335 e. The van der Waals surface area contributed by atoms with E-state index in [9.17, 15) is 9.18 Å². The van der Waals surface area contributed by atoms with E-state index in [1.807, 2.05) is 0 Å². The zero-order valence-corrected chi connectivity index (χ0v) is 10.7. The number of halogens is 2. The van der Waals surface area contributed by atoms with Gasteiger partial charge in [-0.25, -0.2) is 9.18 Å². The first kappa shape index (κ1) is 13.4. The SMILES string of the molecule is COc1cc(-c2cc(C(=O)O)ccc2F)ccc1Cl. The molecule has 0 heterocycles. The largest absolute Gasteiger partial charge is 0.495 e. The lowest BCUT2D eigenvalue weighted by Crippen LogP contribution is -1.97. The average Bonchev–Trinajstić information content (AvgIpc) is 2.40. The van der Waals surface area contributed by atoms with Crippen LogP contribution in [0.25, 0.3) is 11.1 Å². The molecule has 0 saturated heterocycles. The van der Waals surface area contributed by atoms with Crippen LogP contribution in [-0.2, 0) is 0 Å².